The molecule has 3 rings (SSSR count). The van der Waals surface area contributed by atoms with Crippen molar-refractivity contribution in [2.24, 2.45) is 0 Å². The molecule has 1 aromatic rings. The lowest BCUT2D eigenvalue weighted by Crippen LogP contribution is -2.37. The Labute approximate surface area is 173 Å². The number of hydrogen-bond acceptors (Lipinski definition) is 7. The second kappa shape index (κ2) is 8.50. The average molecular weight is 423 g/mol. The van der Waals surface area contributed by atoms with Crippen LogP contribution in [0.4, 0.5) is 21.0 Å². The van der Waals surface area contributed by atoms with E-state index in [9.17, 15) is 19.5 Å². The molecule has 0 radical (unpaired) electrons. The third kappa shape index (κ3) is 5.54. The number of nitrogens with zero attached hydrogens (tertiary/aromatic N) is 1. The van der Waals surface area contributed by atoms with E-state index in [1.54, 1.807) is 32.9 Å². The number of thioether (sulfide) groups is 1. The van der Waals surface area contributed by atoms with Crippen LogP contribution in [0.5, 0.6) is 0 Å². The zero-order valence-electron chi connectivity index (χ0n) is 16.6. The van der Waals surface area contributed by atoms with Crippen LogP contribution >= 0.6 is 11.8 Å². The molecule has 2 unspecified atom stereocenters. The molecule has 0 aliphatic carbocycles. The van der Waals surface area contributed by atoms with E-state index < -0.39 is 30.0 Å². The van der Waals surface area contributed by atoms with Crippen molar-refractivity contribution in [3.05, 3.63) is 18.2 Å². The summed E-state index contributed by atoms with van der Waals surface area (Å²) in [5.74, 6) is 0.276. The minimum atomic E-state index is -0.938. The van der Waals surface area contributed by atoms with Crippen molar-refractivity contribution < 1.29 is 29.0 Å². The molecule has 2 atom stereocenters. The number of cyclic esters (lactones) is 1. The van der Waals surface area contributed by atoms with Crippen LogP contribution in [0.15, 0.2) is 23.1 Å². The number of hydrogen-bond donors (Lipinski definition) is 3. The second-order valence-corrected chi connectivity index (χ2v) is 8.85. The maximum atomic E-state index is 12.3. The molecule has 3 amide bonds. The Morgan fingerprint density at radius 1 is 1.45 bits per heavy atom. The first kappa shape index (κ1) is 21.3. The number of aliphatic hydroxyl groups is 1. The zero-order valence-corrected chi connectivity index (χ0v) is 17.4. The molecule has 1 aromatic carbocycles. The van der Waals surface area contributed by atoms with Crippen molar-refractivity contribution in [2.45, 2.75) is 49.9 Å². The molecule has 0 spiro atoms. The number of carbonyl (C=O) groups excluding carboxylic acids is 3. The Bertz CT molecular complexity index is 810. The monoisotopic (exact) mass is 423 g/mol. The van der Waals surface area contributed by atoms with Crippen LogP contribution in [0.1, 0.15) is 27.2 Å². The van der Waals surface area contributed by atoms with Gasteiger partial charge in [-0.3, -0.25) is 9.69 Å². The van der Waals surface area contributed by atoms with E-state index in [-0.39, 0.29) is 25.4 Å². The molecule has 2 heterocycles. The first-order valence-corrected chi connectivity index (χ1v) is 10.3. The number of anilines is 2. The molecule has 0 saturated carbocycles. The molecule has 2 aliphatic heterocycles. The highest BCUT2D eigenvalue weighted by molar-refractivity contribution is 8.00. The van der Waals surface area contributed by atoms with Crippen molar-refractivity contribution in [1.82, 2.24) is 5.32 Å². The van der Waals surface area contributed by atoms with Gasteiger partial charge >= 0.3 is 12.2 Å². The fourth-order valence-electron chi connectivity index (χ4n) is 2.96. The number of carbonyl (C=O) groups is 3. The smallest absolute Gasteiger partial charge is 0.414 e. The molecule has 1 saturated heterocycles. The molecule has 0 aromatic heterocycles. The van der Waals surface area contributed by atoms with E-state index >= 15 is 0 Å². The lowest BCUT2D eigenvalue weighted by molar-refractivity contribution is -0.113. The average Bonchev–Trinajstić information content (AvgIpc) is 3.01. The van der Waals surface area contributed by atoms with E-state index in [0.717, 1.165) is 4.90 Å². The fourth-order valence-corrected chi connectivity index (χ4v) is 3.75. The van der Waals surface area contributed by atoms with Crippen molar-refractivity contribution in [3.8, 4) is 0 Å². The Hall–Kier alpha value is -2.46. The van der Waals surface area contributed by atoms with Gasteiger partial charge in [0, 0.05) is 17.1 Å². The normalized spacial score (nSPS) is 19.9. The van der Waals surface area contributed by atoms with Gasteiger partial charge in [-0.25, -0.2) is 9.59 Å². The summed E-state index contributed by atoms with van der Waals surface area (Å²) in [6.07, 6.45) is -2.58. The van der Waals surface area contributed by atoms with Gasteiger partial charge in [-0.2, -0.15) is 0 Å². The number of aliphatic hydroxyl groups excluding tert-OH is 1. The Kier molecular flexibility index (Phi) is 6.23. The lowest BCUT2D eigenvalue weighted by Gasteiger charge is -2.21. The van der Waals surface area contributed by atoms with Crippen LogP contribution in [0, 0.1) is 0 Å². The predicted molar refractivity (Wildman–Crippen MR) is 108 cm³/mol. The van der Waals surface area contributed by atoms with Gasteiger partial charge in [0.2, 0.25) is 5.91 Å². The van der Waals surface area contributed by atoms with Crippen LogP contribution in [0.2, 0.25) is 0 Å². The summed E-state index contributed by atoms with van der Waals surface area (Å²) in [6.45, 7) is 5.65. The number of ether oxygens (including phenoxy) is 2. The summed E-state index contributed by atoms with van der Waals surface area (Å²) in [6, 6.07) is 5.35. The van der Waals surface area contributed by atoms with Crippen molar-refractivity contribution in [2.75, 3.05) is 29.1 Å². The highest BCUT2D eigenvalue weighted by Crippen LogP contribution is 2.35. The number of benzene rings is 1. The Balaban J connectivity index is 1.54. The zero-order chi connectivity index (χ0) is 21.2. The number of fused-ring (bicyclic) bond motifs is 1. The summed E-state index contributed by atoms with van der Waals surface area (Å²) >= 11 is 1.44. The molecule has 1 fully saturated rings. The van der Waals surface area contributed by atoms with E-state index in [1.165, 1.54) is 16.7 Å². The number of nitrogens with one attached hydrogen (secondary N) is 2. The molecule has 158 valence electrons. The molecule has 29 heavy (non-hydrogen) atoms. The van der Waals surface area contributed by atoms with Crippen molar-refractivity contribution >= 4 is 41.2 Å². The summed E-state index contributed by atoms with van der Waals surface area (Å²) in [5.41, 5.74) is 0.636. The molecule has 10 heteroatoms. The fraction of sp³-hybridized carbons (Fsp3) is 0.526. The van der Waals surface area contributed by atoms with E-state index in [0.29, 0.717) is 17.1 Å². The van der Waals surface area contributed by atoms with Crippen LogP contribution < -0.4 is 15.5 Å². The van der Waals surface area contributed by atoms with Gasteiger partial charge in [0.1, 0.15) is 11.7 Å². The molecule has 2 aliphatic rings. The standard InChI is InChI=1S/C19H25N3O6S/c1-19(2,3)28-17(25)20-7-6-13(23)14-9-22(18(26)27-14)11-4-5-15-12(8-11)21-16(24)10-29-15/h4-5,8,13-14,23H,6-7,9-10H2,1-3H3,(H,20,25)(H,21,24). The largest absolute Gasteiger partial charge is 0.444 e. The molecule has 0 bridgehead atoms. The quantitative estimate of drug-likeness (QED) is 0.665. The Morgan fingerprint density at radius 3 is 2.93 bits per heavy atom. The van der Waals surface area contributed by atoms with Gasteiger partial charge in [0.15, 0.2) is 0 Å². The number of alkyl carbamates (subject to hydrolysis) is 1. The van der Waals surface area contributed by atoms with E-state index in [1.807, 2.05) is 6.07 Å². The topological polar surface area (TPSA) is 117 Å². The summed E-state index contributed by atoms with van der Waals surface area (Å²) < 4.78 is 10.4. The van der Waals surface area contributed by atoms with E-state index in [2.05, 4.69) is 10.6 Å². The molecular weight excluding hydrogens is 398 g/mol. The SMILES string of the molecule is CC(C)(C)OC(=O)NCCC(O)C1CN(c2ccc3c(c2)NC(=O)CS3)C(=O)O1. The van der Waals surface area contributed by atoms with Crippen molar-refractivity contribution in [1.29, 1.82) is 0 Å². The maximum absolute atomic E-state index is 12.3. The molecular formula is C19H25N3O6S. The summed E-state index contributed by atoms with van der Waals surface area (Å²) in [7, 11) is 0. The van der Waals surface area contributed by atoms with Crippen LogP contribution in [0.3, 0.4) is 0 Å². The van der Waals surface area contributed by atoms with Crippen LogP contribution in [-0.2, 0) is 14.3 Å². The summed E-state index contributed by atoms with van der Waals surface area (Å²) in [5, 5.41) is 15.7. The highest BCUT2D eigenvalue weighted by atomic mass is 32.2. The molecule has 3 N–H and O–H groups in total. The third-order valence-electron chi connectivity index (χ3n) is 4.28. The van der Waals surface area contributed by atoms with Crippen LogP contribution in [0.25, 0.3) is 0 Å². The first-order valence-electron chi connectivity index (χ1n) is 9.32. The minimum Gasteiger partial charge on any atom is -0.444 e. The van der Waals surface area contributed by atoms with Gasteiger partial charge in [-0.15, -0.1) is 11.8 Å². The van der Waals surface area contributed by atoms with Gasteiger partial charge in [-0.05, 0) is 45.4 Å². The third-order valence-corrected chi connectivity index (χ3v) is 5.35. The van der Waals surface area contributed by atoms with Gasteiger partial charge in [0.25, 0.3) is 0 Å². The summed E-state index contributed by atoms with van der Waals surface area (Å²) in [4.78, 5) is 37.9. The lowest BCUT2D eigenvalue weighted by atomic mass is 10.1. The molecule has 9 nitrogen and oxygen atoms in total. The van der Waals surface area contributed by atoms with E-state index in [4.69, 9.17) is 9.47 Å². The highest BCUT2D eigenvalue weighted by Gasteiger charge is 2.37. The predicted octanol–water partition coefficient (Wildman–Crippen LogP) is 2.33. The van der Waals surface area contributed by atoms with Crippen molar-refractivity contribution in [3.63, 3.8) is 0 Å². The second-order valence-electron chi connectivity index (χ2n) is 7.83. The Morgan fingerprint density at radius 2 is 2.21 bits per heavy atom. The van der Waals surface area contributed by atoms with Gasteiger partial charge < -0.3 is 25.2 Å². The van der Waals surface area contributed by atoms with Gasteiger partial charge in [0.05, 0.1) is 24.1 Å². The number of rotatable bonds is 5. The van der Waals surface area contributed by atoms with Crippen LogP contribution in [-0.4, -0.2) is 59.9 Å². The maximum Gasteiger partial charge on any atom is 0.414 e. The first-order chi connectivity index (χ1) is 13.6. The minimum absolute atomic E-state index is 0.0885. The van der Waals surface area contributed by atoms with Gasteiger partial charge in [-0.1, -0.05) is 0 Å². The number of amides is 3.